The number of benzene rings is 9. The summed E-state index contributed by atoms with van der Waals surface area (Å²) in [6, 6.07) is 89.9. The van der Waals surface area contributed by atoms with Crippen LogP contribution in [0.4, 0.5) is 4.39 Å². The van der Waals surface area contributed by atoms with Crippen LogP contribution in [0.25, 0.3) is 0 Å². The third-order valence-electron chi connectivity index (χ3n) is 17.5. The maximum atomic E-state index is 11.9. The number of alkyl halides is 1. The summed E-state index contributed by atoms with van der Waals surface area (Å²) in [5.74, 6) is -1.39. The summed E-state index contributed by atoms with van der Waals surface area (Å²) in [6.07, 6.45) is -0.220. The van der Waals surface area contributed by atoms with E-state index in [-0.39, 0.29) is 99.1 Å². The van der Waals surface area contributed by atoms with Gasteiger partial charge in [0.25, 0.3) is 10.1 Å². The van der Waals surface area contributed by atoms with Gasteiger partial charge in [0, 0.05) is 12.1 Å². The molecule has 2 aliphatic heterocycles. The topological polar surface area (TPSA) is 152 Å². The number of hydrogen-bond acceptors (Lipinski definition) is 13. The molecule has 508 valence electrons. The Labute approximate surface area is 599 Å². The van der Waals surface area contributed by atoms with E-state index < -0.39 is 46.0 Å². The Kier molecular flexibility index (Phi) is 27.7. The molecule has 2 heterocycles. The van der Waals surface area contributed by atoms with Crippen molar-refractivity contribution in [3.8, 4) is 0 Å². The molecule has 13 rings (SSSR count). The second-order valence-corrected chi connectivity index (χ2v) is 26.6. The number of halogens is 1. The Morgan fingerprint density at radius 1 is 0.485 bits per heavy atom. The van der Waals surface area contributed by atoms with Gasteiger partial charge in [-0.15, -0.1) is 0 Å². The van der Waals surface area contributed by atoms with Gasteiger partial charge in [-0.2, -0.15) is 8.42 Å². The van der Waals surface area contributed by atoms with Gasteiger partial charge < -0.3 is 39.7 Å². The second kappa shape index (κ2) is 36.0. The molecule has 97 heavy (non-hydrogen) atoms. The molecule has 0 amide bonds. The van der Waals surface area contributed by atoms with Crippen LogP contribution in [0.5, 0.6) is 0 Å². The van der Waals surface area contributed by atoms with Crippen LogP contribution in [0.1, 0.15) is 101 Å². The van der Waals surface area contributed by atoms with Gasteiger partial charge in [0.1, 0.15) is 24.4 Å². The van der Waals surface area contributed by atoms with Gasteiger partial charge >= 0.3 is 29.6 Å². The summed E-state index contributed by atoms with van der Waals surface area (Å²) in [5.41, 5.74) is 8.95. The van der Waals surface area contributed by atoms with E-state index in [1.54, 1.807) is 12.1 Å². The molecule has 0 unspecified atom stereocenters. The standard InChI is InChI=1S/C36H39NO4.C27H29NO3.C16H18O4S.CH3F.CH4.Na.H/c1-35(2)40-33-31(25-32(34(33)41-35)39-24-23-38-26-27-15-7-3-8-16-27)37-36(28-17-9-4-10-18-28,29-19-11-5-12-20-29)30-21-13-6-14-22-30;1-26(2)30-24-22(18-23(29)25(24)31-26)28-27(19-12-6-3-7-13-19,20-14-8-4-9-15-20)21-16-10-5-11-17-21;1-14-7-9-16(10-8-14)21(17,18)20-12-11-19-13-15-5-3-2-4-6-15;1-2;;;/h3-22,31-34,37H,23-26H2,1-2H3;3-17,22-25,28-29H,18H2,1-2H3;2-10H,11-13H2,1H3;1H3;1H4;;/q;;;;;+1;-1/t31-,32+,33+,34-;22-,23+,24+,25-;;;;;/m11...../s1/i;;;1D;;;. The maximum absolute atomic E-state index is 11.9. The Bertz CT molecular complexity index is 3660. The van der Waals surface area contributed by atoms with Crippen LogP contribution in [-0.2, 0) is 71.8 Å². The minimum absolute atomic E-state index is 0. The van der Waals surface area contributed by atoms with E-state index in [0.29, 0.717) is 32.8 Å². The molecule has 0 spiro atoms. The molecule has 2 saturated carbocycles. The summed E-state index contributed by atoms with van der Waals surface area (Å²) in [6.45, 7) is 12.0. The molecule has 0 bridgehead atoms. The normalized spacial score (nSPS) is 21.2. The molecule has 8 atom stereocenters. The average Bonchev–Trinajstić information content (AvgIpc) is 1.73. The van der Waals surface area contributed by atoms with Crippen LogP contribution in [0, 0.1) is 6.92 Å². The first-order valence-electron chi connectivity index (χ1n) is 33.2. The van der Waals surface area contributed by atoms with E-state index in [0.717, 1.165) is 39.8 Å². The monoisotopic (exact) mass is 1350 g/mol. The van der Waals surface area contributed by atoms with Crippen LogP contribution in [0.2, 0.25) is 0 Å². The van der Waals surface area contributed by atoms with E-state index >= 15 is 0 Å². The summed E-state index contributed by atoms with van der Waals surface area (Å²) >= 11 is 0. The molecule has 3 N–H and O–H groups in total. The number of aliphatic hydroxyl groups excluding tert-OH is 1. The molecule has 4 aliphatic rings. The zero-order valence-electron chi connectivity index (χ0n) is 57.7. The summed E-state index contributed by atoms with van der Waals surface area (Å²) in [7, 11) is -4.70. The number of nitrogens with one attached hydrogen (secondary N) is 2. The second-order valence-electron chi connectivity index (χ2n) is 24.9. The van der Waals surface area contributed by atoms with E-state index in [1.807, 2.05) is 101 Å². The molecule has 16 heteroatoms. The van der Waals surface area contributed by atoms with E-state index in [9.17, 15) is 17.9 Å². The first-order chi connectivity index (χ1) is 46.5. The number of hydrogen-bond donors (Lipinski definition) is 3. The quantitative estimate of drug-likeness (QED) is 0.0241. The van der Waals surface area contributed by atoms with Gasteiger partial charge in [0.15, 0.2) is 11.6 Å². The summed E-state index contributed by atoms with van der Waals surface area (Å²) < 4.78 is 87.3. The van der Waals surface area contributed by atoms with Gasteiger partial charge in [0.2, 0.25) is 0 Å². The SMILES string of the molecule is C.CC1(C)O[C@@H]2[C@H](O1)[C@@H](O)C[C@H]2NC(c1ccccc1)(c1ccccc1)c1ccccc1.CC1(C)O[C@@H]2[C@H](O1)[C@@H](OCCOCc1ccccc1)C[C@H]2NC(c1ccccc1)(c1ccccc1)c1ccccc1.Cc1ccc(S(=O)(=O)OCCOCc2ccccc2)cc1.[2H]CF.[H-].[Na+]. The largest absolute Gasteiger partial charge is 1.00 e. The number of fused-ring (bicyclic) bond motifs is 2. The van der Waals surface area contributed by atoms with Crippen molar-refractivity contribution >= 4 is 10.1 Å². The molecule has 13 nitrogen and oxygen atoms in total. The van der Waals surface area contributed by atoms with Crippen molar-refractivity contribution in [1.29, 1.82) is 0 Å². The molecular formula is C81H94FN2NaO11S. The fraction of sp³-hybridized carbons (Fsp3) is 0.333. The van der Waals surface area contributed by atoms with Crippen molar-refractivity contribution in [3.05, 3.63) is 317 Å². The van der Waals surface area contributed by atoms with Crippen LogP contribution in [0.3, 0.4) is 0 Å². The van der Waals surface area contributed by atoms with Crippen LogP contribution in [-0.4, -0.2) is 107 Å². The fourth-order valence-corrected chi connectivity index (χ4v) is 14.2. The first-order valence-corrected chi connectivity index (χ1v) is 33.9. The summed E-state index contributed by atoms with van der Waals surface area (Å²) in [4.78, 5) is 0.163. The predicted octanol–water partition coefficient (Wildman–Crippen LogP) is 11.9. The van der Waals surface area contributed by atoms with Crippen molar-refractivity contribution < 1.29 is 87.6 Å². The van der Waals surface area contributed by atoms with E-state index in [2.05, 4.69) is 187 Å². The zero-order chi connectivity index (χ0) is 67.4. The number of aryl methyl sites for hydroxylation is 1. The Morgan fingerprint density at radius 2 is 0.794 bits per heavy atom. The Hall–Kier alpha value is -6.58. The Morgan fingerprint density at radius 3 is 1.16 bits per heavy atom. The first kappa shape index (κ1) is 74.6. The molecule has 2 saturated heterocycles. The minimum Gasteiger partial charge on any atom is -1.00 e. The molecule has 9 aromatic rings. The van der Waals surface area contributed by atoms with Gasteiger partial charge in [-0.3, -0.25) is 19.2 Å². The molecule has 2 aliphatic carbocycles. The molecule has 4 fully saturated rings. The van der Waals surface area contributed by atoms with Crippen LogP contribution in [0.15, 0.2) is 272 Å². The minimum atomic E-state index is -3.70. The van der Waals surface area contributed by atoms with Crippen molar-refractivity contribution in [1.82, 2.24) is 10.6 Å². The number of aliphatic hydroxyl groups is 1. The molecule has 0 radical (unpaired) electrons. The van der Waals surface area contributed by atoms with Gasteiger partial charge in [-0.05, 0) is 104 Å². The van der Waals surface area contributed by atoms with Crippen molar-refractivity contribution in [3.63, 3.8) is 0 Å². The molecule has 9 aromatic carbocycles. The third-order valence-corrected chi connectivity index (χ3v) is 18.8. The molecular weight excluding hydrogens is 1250 g/mol. The van der Waals surface area contributed by atoms with Gasteiger partial charge in [0.05, 0.1) is 76.3 Å². The number of ether oxygens (including phenoxy) is 7. The van der Waals surface area contributed by atoms with Crippen LogP contribution >= 0.6 is 0 Å². The number of rotatable bonds is 23. The van der Waals surface area contributed by atoms with Gasteiger partial charge in [-0.1, -0.05) is 268 Å². The van der Waals surface area contributed by atoms with Crippen LogP contribution < -0.4 is 40.2 Å². The zero-order valence-corrected chi connectivity index (χ0v) is 58.5. The third kappa shape index (κ3) is 19.2. The molecule has 0 aromatic heterocycles. The van der Waals surface area contributed by atoms with Crippen molar-refractivity contribution in [2.24, 2.45) is 0 Å². The van der Waals surface area contributed by atoms with Crippen molar-refractivity contribution in [2.75, 3.05) is 33.6 Å². The smallest absolute Gasteiger partial charge is 1.00 e. The Balaban J connectivity index is 0.000000211. The summed E-state index contributed by atoms with van der Waals surface area (Å²) in [5, 5.41) is 18.8. The van der Waals surface area contributed by atoms with E-state index in [4.69, 9.17) is 38.7 Å². The fourth-order valence-electron chi connectivity index (χ4n) is 13.3. The van der Waals surface area contributed by atoms with Crippen molar-refractivity contribution in [2.45, 2.75) is 144 Å². The maximum Gasteiger partial charge on any atom is 1.00 e. The van der Waals surface area contributed by atoms with E-state index in [1.165, 1.54) is 28.8 Å². The predicted molar refractivity (Wildman–Crippen MR) is 376 cm³/mol. The van der Waals surface area contributed by atoms with Gasteiger partial charge in [-0.25, -0.2) is 0 Å². The average molecular weight is 1350 g/mol.